The maximum atomic E-state index is 13.6. The number of imide groups is 1. The van der Waals surface area contributed by atoms with Crippen molar-refractivity contribution in [3.05, 3.63) is 105 Å². The van der Waals surface area contributed by atoms with E-state index in [-0.39, 0.29) is 24.1 Å². The summed E-state index contributed by atoms with van der Waals surface area (Å²) in [4.78, 5) is 28.4. The Balaban J connectivity index is 1.80. The highest BCUT2D eigenvalue weighted by atomic mass is 35.5. The number of anilines is 1. The predicted molar refractivity (Wildman–Crippen MR) is 129 cm³/mol. The van der Waals surface area contributed by atoms with Crippen molar-refractivity contribution in [2.24, 2.45) is 0 Å². The van der Waals surface area contributed by atoms with Gasteiger partial charge >= 0.3 is 0 Å². The quantitative estimate of drug-likeness (QED) is 0.493. The first-order chi connectivity index (χ1) is 15.2. The maximum Gasteiger partial charge on any atom is 0.278 e. The number of carbonyl (C=O) groups excluding carboxylic acids is 2. The van der Waals surface area contributed by atoms with Gasteiger partial charge in [0.2, 0.25) is 0 Å². The summed E-state index contributed by atoms with van der Waals surface area (Å²) in [7, 11) is 0. The van der Waals surface area contributed by atoms with Crippen molar-refractivity contribution in [1.29, 1.82) is 0 Å². The number of amides is 2. The van der Waals surface area contributed by atoms with Crippen molar-refractivity contribution >= 4 is 34.7 Å². The number of aryl methyl sites for hydroxylation is 4. The first-order valence-corrected chi connectivity index (χ1v) is 10.9. The molecule has 0 bridgehead atoms. The fourth-order valence-corrected chi connectivity index (χ4v) is 4.09. The van der Waals surface area contributed by atoms with Gasteiger partial charge in [-0.25, -0.2) is 0 Å². The third-order valence-electron chi connectivity index (χ3n) is 5.74. The second-order valence-electron chi connectivity index (χ2n) is 8.33. The van der Waals surface area contributed by atoms with Crippen LogP contribution in [0.1, 0.15) is 33.4 Å². The SMILES string of the molecule is Cc1ccc(CN2C(=O)C(Nc3cc(Cl)ccc3C)=C(c3ccc(C)cc3C)C2=O)cc1. The van der Waals surface area contributed by atoms with Crippen LogP contribution < -0.4 is 5.32 Å². The summed E-state index contributed by atoms with van der Waals surface area (Å²) in [6.07, 6.45) is 0. The molecule has 3 aromatic rings. The third kappa shape index (κ3) is 4.19. The number of rotatable bonds is 5. The summed E-state index contributed by atoms with van der Waals surface area (Å²) in [5.41, 5.74) is 7.12. The Hall–Kier alpha value is -3.37. The Morgan fingerprint density at radius 1 is 0.781 bits per heavy atom. The molecule has 0 aromatic heterocycles. The van der Waals surface area contributed by atoms with Crippen LogP contribution in [-0.4, -0.2) is 16.7 Å². The van der Waals surface area contributed by atoms with Crippen LogP contribution in [0.3, 0.4) is 0 Å². The minimum absolute atomic E-state index is 0.214. The number of carbonyl (C=O) groups is 2. The van der Waals surface area contributed by atoms with E-state index >= 15 is 0 Å². The molecule has 5 heteroatoms. The first-order valence-electron chi connectivity index (χ1n) is 10.5. The zero-order valence-corrected chi connectivity index (χ0v) is 19.4. The van der Waals surface area contributed by atoms with Crippen molar-refractivity contribution < 1.29 is 9.59 Å². The van der Waals surface area contributed by atoms with Crippen molar-refractivity contribution in [3.63, 3.8) is 0 Å². The Labute approximate surface area is 193 Å². The van der Waals surface area contributed by atoms with E-state index in [1.165, 1.54) is 4.90 Å². The molecule has 4 nitrogen and oxygen atoms in total. The van der Waals surface area contributed by atoms with Crippen LogP contribution in [0.15, 0.2) is 66.4 Å². The van der Waals surface area contributed by atoms with Gasteiger partial charge in [-0.3, -0.25) is 14.5 Å². The summed E-state index contributed by atoms with van der Waals surface area (Å²) in [5.74, 6) is -0.644. The molecule has 32 heavy (non-hydrogen) atoms. The number of nitrogens with one attached hydrogen (secondary N) is 1. The van der Waals surface area contributed by atoms with Crippen molar-refractivity contribution in [2.45, 2.75) is 34.2 Å². The zero-order valence-electron chi connectivity index (χ0n) is 18.6. The molecule has 1 aliphatic rings. The average Bonchev–Trinajstić information content (AvgIpc) is 2.97. The number of halogens is 1. The topological polar surface area (TPSA) is 49.4 Å². The minimum atomic E-state index is -0.343. The molecule has 0 saturated carbocycles. The maximum absolute atomic E-state index is 13.6. The van der Waals surface area contributed by atoms with Crippen LogP contribution in [0.25, 0.3) is 5.57 Å². The molecule has 0 unspecified atom stereocenters. The number of hydrogen-bond acceptors (Lipinski definition) is 3. The molecular formula is C27H25ClN2O2. The van der Waals surface area contributed by atoms with E-state index in [1.54, 1.807) is 12.1 Å². The molecule has 1 N–H and O–H groups in total. The van der Waals surface area contributed by atoms with Gasteiger partial charge in [-0.05, 0) is 62.1 Å². The van der Waals surface area contributed by atoms with Gasteiger partial charge in [0.05, 0.1) is 12.1 Å². The lowest BCUT2D eigenvalue weighted by molar-refractivity contribution is -0.137. The number of nitrogens with zero attached hydrogens (tertiary/aromatic N) is 1. The van der Waals surface area contributed by atoms with Gasteiger partial charge in [-0.15, -0.1) is 0 Å². The molecule has 2 amide bonds. The Morgan fingerprint density at radius 2 is 1.47 bits per heavy atom. The largest absolute Gasteiger partial charge is 0.350 e. The van der Waals surface area contributed by atoms with E-state index in [9.17, 15) is 9.59 Å². The molecular weight excluding hydrogens is 420 g/mol. The average molecular weight is 445 g/mol. The van der Waals surface area contributed by atoms with Gasteiger partial charge in [0.15, 0.2) is 0 Å². The second kappa shape index (κ2) is 8.64. The summed E-state index contributed by atoms with van der Waals surface area (Å²) >= 11 is 6.19. The monoisotopic (exact) mass is 444 g/mol. The van der Waals surface area contributed by atoms with Crippen LogP contribution in [0.2, 0.25) is 5.02 Å². The number of benzene rings is 3. The van der Waals surface area contributed by atoms with Crippen LogP contribution in [-0.2, 0) is 16.1 Å². The van der Waals surface area contributed by atoms with E-state index in [0.717, 1.165) is 33.4 Å². The molecule has 1 heterocycles. The molecule has 0 aliphatic carbocycles. The molecule has 0 spiro atoms. The minimum Gasteiger partial charge on any atom is -0.350 e. The van der Waals surface area contributed by atoms with Gasteiger partial charge in [-0.2, -0.15) is 0 Å². The Morgan fingerprint density at radius 3 is 2.16 bits per heavy atom. The van der Waals surface area contributed by atoms with Gasteiger partial charge in [-0.1, -0.05) is 71.3 Å². The van der Waals surface area contributed by atoms with Crippen LogP contribution in [0.4, 0.5) is 5.69 Å². The highest BCUT2D eigenvalue weighted by Gasteiger charge is 2.39. The molecule has 162 valence electrons. The lowest BCUT2D eigenvalue weighted by Crippen LogP contribution is -2.32. The summed E-state index contributed by atoms with van der Waals surface area (Å²) in [5, 5.41) is 3.78. The molecule has 3 aromatic carbocycles. The lowest BCUT2D eigenvalue weighted by Gasteiger charge is -2.16. The fourth-order valence-electron chi connectivity index (χ4n) is 3.92. The van der Waals surface area contributed by atoms with Crippen LogP contribution in [0, 0.1) is 27.7 Å². The highest BCUT2D eigenvalue weighted by Crippen LogP contribution is 2.34. The molecule has 0 saturated heterocycles. The lowest BCUT2D eigenvalue weighted by atomic mass is 9.97. The Bertz CT molecular complexity index is 1260. The fraction of sp³-hybridized carbons (Fsp3) is 0.185. The van der Waals surface area contributed by atoms with E-state index in [0.29, 0.717) is 16.3 Å². The summed E-state index contributed by atoms with van der Waals surface area (Å²) in [6.45, 7) is 8.11. The molecule has 1 aliphatic heterocycles. The second-order valence-corrected chi connectivity index (χ2v) is 8.77. The van der Waals surface area contributed by atoms with Gasteiger partial charge < -0.3 is 5.32 Å². The number of hydrogen-bond donors (Lipinski definition) is 1. The standard InChI is InChI=1S/C27H25ClN2O2/c1-16-5-9-20(10-6-16)15-30-26(31)24(22-12-7-17(2)13-19(22)4)25(27(30)32)29-23-14-21(28)11-8-18(23)3/h5-14,29H,15H2,1-4H3. The summed E-state index contributed by atoms with van der Waals surface area (Å²) < 4.78 is 0. The van der Waals surface area contributed by atoms with Crippen molar-refractivity contribution in [3.8, 4) is 0 Å². The highest BCUT2D eigenvalue weighted by molar-refractivity contribution is 6.37. The summed E-state index contributed by atoms with van der Waals surface area (Å²) in [6, 6.07) is 19.2. The van der Waals surface area contributed by atoms with Gasteiger partial charge in [0.25, 0.3) is 11.8 Å². The predicted octanol–water partition coefficient (Wildman–Crippen LogP) is 5.97. The van der Waals surface area contributed by atoms with Gasteiger partial charge in [0, 0.05) is 10.7 Å². The molecule has 0 fully saturated rings. The van der Waals surface area contributed by atoms with E-state index in [4.69, 9.17) is 11.6 Å². The smallest absolute Gasteiger partial charge is 0.278 e. The van der Waals surface area contributed by atoms with Crippen LogP contribution in [0.5, 0.6) is 0 Å². The normalized spacial score (nSPS) is 13.8. The first kappa shape index (κ1) is 21.8. The molecule has 0 atom stereocenters. The van der Waals surface area contributed by atoms with Crippen molar-refractivity contribution in [2.75, 3.05) is 5.32 Å². The zero-order chi connectivity index (χ0) is 23.0. The molecule has 0 radical (unpaired) electrons. The van der Waals surface area contributed by atoms with E-state index in [1.807, 2.05) is 76.2 Å². The van der Waals surface area contributed by atoms with E-state index in [2.05, 4.69) is 5.32 Å². The Kier molecular flexibility index (Phi) is 5.90. The third-order valence-corrected chi connectivity index (χ3v) is 5.97. The van der Waals surface area contributed by atoms with Gasteiger partial charge in [0.1, 0.15) is 5.70 Å². The van der Waals surface area contributed by atoms with E-state index < -0.39 is 0 Å². The van der Waals surface area contributed by atoms with Crippen molar-refractivity contribution in [1.82, 2.24) is 4.90 Å². The molecule has 4 rings (SSSR count). The van der Waals surface area contributed by atoms with Crippen LogP contribution >= 0.6 is 11.6 Å².